The third-order valence-electron chi connectivity index (χ3n) is 1.80. The molecule has 0 aliphatic rings. The molecule has 2 N–H and O–H groups in total. The Balaban J connectivity index is 2.77. The van der Waals surface area contributed by atoms with Crippen molar-refractivity contribution < 1.29 is 9.90 Å². The summed E-state index contributed by atoms with van der Waals surface area (Å²) in [6.07, 6.45) is 1.53. The van der Waals surface area contributed by atoms with E-state index in [-0.39, 0.29) is 5.69 Å². The lowest BCUT2D eigenvalue weighted by Crippen LogP contribution is -1.94. The van der Waals surface area contributed by atoms with Gasteiger partial charge in [-0.25, -0.2) is 9.78 Å². The second kappa shape index (κ2) is 3.25. The van der Waals surface area contributed by atoms with E-state index in [0.717, 1.165) is 0 Å². The first-order chi connectivity index (χ1) is 6.59. The fourth-order valence-corrected chi connectivity index (χ4v) is 1.68. The van der Waals surface area contributed by atoms with Crippen LogP contribution in [0.15, 0.2) is 16.9 Å². The van der Waals surface area contributed by atoms with E-state index < -0.39 is 5.97 Å². The van der Waals surface area contributed by atoms with Crippen LogP contribution in [0, 0.1) is 0 Å². The lowest BCUT2D eigenvalue weighted by atomic mass is 10.3. The molecule has 0 aliphatic carbocycles. The number of hydrogen-bond acceptors (Lipinski definition) is 2. The number of aromatic carboxylic acids is 1. The van der Waals surface area contributed by atoms with Gasteiger partial charge in [0.1, 0.15) is 10.3 Å². The highest BCUT2D eigenvalue weighted by Crippen LogP contribution is 2.29. The Morgan fingerprint density at radius 2 is 2.36 bits per heavy atom. The fraction of sp³-hybridized carbons (Fsp3) is 0. The van der Waals surface area contributed by atoms with Crippen LogP contribution in [0.25, 0.3) is 10.9 Å². The maximum Gasteiger partial charge on any atom is 0.352 e. The molecular formula is C8H4BrClN2O2. The smallest absolute Gasteiger partial charge is 0.352 e. The Kier molecular flexibility index (Phi) is 2.20. The SMILES string of the molecule is O=C(O)c1cc2c(Cl)c(Br)ncc2[nH]1. The quantitative estimate of drug-likeness (QED) is 0.786. The molecule has 72 valence electrons. The fourth-order valence-electron chi connectivity index (χ4n) is 1.16. The Bertz CT molecular complexity index is 523. The average Bonchev–Trinajstić information content (AvgIpc) is 2.56. The van der Waals surface area contributed by atoms with Crippen LogP contribution in [0.3, 0.4) is 0 Å². The summed E-state index contributed by atoms with van der Waals surface area (Å²) in [5, 5.41) is 9.79. The molecule has 0 saturated heterocycles. The summed E-state index contributed by atoms with van der Waals surface area (Å²) in [4.78, 5) is 17.3. The van der Waals surface area contributed by atoms with E-state index in [1.54, 1.807) is 0 Å². The van der Waals surface area contributed by atoms with Crippen LogP contribution >= 0.6 is 27.5 Å². The molecule has 0 unspecified atom stereocenters. The number of carbonyl (C=O) groups is 1. The van der Waals surface area contributed by atoms with E-state index in [2.05, 4.69) is 25.9 Å². The molecule has 4 nitrogen and oxygen atoms in total. The van der Waals surface area contributed by atoms with Crippen molar-refractivity contribution in [3.05, 3.63) is 27.6 Å². The van der Waals surface area contributed by atoms with Gasteiger partial charge in [-0.15, -0.1) is 0 Å². The van der Waals surface area contributed by atoms with E-state index in [0.29, 0.717) is 20.5 Å². The van der Waals surface area contributed by atoms with Crippen LogP contribution in [0.5, 0.6) is 0 Å². The maximum atomic E-state index is 10.7. The van der Waals surface area contributed by atoms with Crippen molar-refractivity contribution >= 4 is 44.4 Å². The number of fused-ring (bicyclic) bond motifs is 1. The highest BCUT2D eigenvalue weighted by atomic mass is 79.9. The summed E-state index contributed by atoms with van der Waals surface area (Å²) in [5.74, 6) is -1.02. The molecular weight excluding hydrogens is 271 g/mol. The molecule has 0 saturated carbocycles. The van der Waals surface area contributed by atoms with Gasteiger partial charge in [0.05, 0.1) is 16.7 Å². The molecule has 6 heteroatoms. The summed E-state index contributed by atoms with van der Waals surface area (Å²) in [5.41, 5.74) is 0.706. The largest absolute Gasteiger partial charge is 0.477 e. The van der Waals surface area contributed by atoms with Crippen LogP contribution in [0.2, 0.25) is 5.02 Å². The molecule has 14 heavy (non-hydrogen) atoms. The third kappa shape index (κ3) is 1.38. The highest BCUT2D eigenvalue weighted by molar-refractivity contribution is 9.10. The average molecular weight is 275 g/mol. The number of carboxylic acids is 1. The van der Waals surface area contributed by atoms with Gasteiger partial charge in [0.25, 0.3) is 0 Å². The molecule has 2 rings (SSSR count). The molecule has 2 heterocycles. The van der Waals surface area contributed by atoms with Gasteiger partial charge >= 0.3 is 5.97 Å². The summed E-state index contributed by atoms with van der Waals surface area (Å²) in [6.45, 7) is 0. The number of hydrogen-bond donors (Lipinski definition) is 2. The van der Waals surface area contributed by atoms with Crippen molar-refractivity contribution in [2.45, 2.75) is 0 Å². The normalized spacial score (nSPS) is 10.7. The van der Waals surface area contributed by atoms with Crippen LogP contribution < -0.4 is 0 Å². The molecule has 0 fully saturated rings. The van der Waals surface area contributed by atoms with E-state index in [9.17, 15) is 4.79 Å². The minimum absolute atomic E-state index is 0.0989. The number of aromatic amines is 1. The monoisotopic (exact) mass is 274 g/mol. The summed E-state index contributed by atoms with van der Waals surface area (Å²) >= 11 is 9.08. The minimum Gasteiger partial charge on any atom is -0.477 e. The van der Waals surface area contributed by atoms with Crippen molar-refractivity contribution in [2.75, 3.05) is 0 Å². The van der Waals surface area contributed by atoms with E-state index in [1.807, 2.05) is 0 Å². The first kappa shape index (κ1) is 9.48. The number of halogens is 2. The second-order valence-electron chi connectivity index (χ2n) is 2.68. The highest BCUT2D eigenvalue weighted by Gasteiger charge is 2.11. The molecule has 0 bridgehead atoms. The lowest BCUT2D eigenvalue weighted by molar-refractivity contribution is 0.0691. The zero-order valence-corrected chi connectivity index (χ0v) is 9.06. The third-order valence-corrected chi connectivity index (χ3v) is 3.02. The van der Waals surface area contributed by atoms with E-state index >= 15 is 0 Å². The lowest BCUT2D eigenvalue weighted by Gasteiger charge is -1.94. The number of aromatic nitrogens is 2. The van der Waals surface area contributed by atoms with Crippen molar-refractivity contribution in [1.29, 1.82) is 0 Å². The second-order valence-corrected chi connectivity index (χ2v) is 3.81. The van der Waals surface area contributed by atoms with Gasteiger partial charge in [-0.05, 0) is 22.0 Å². The summed E-state index contributed by atoms with van der Waals surface area (Å²) < 4.78 is 0.502. The van der Waals surface area contributed by atoms with Crippen LogP contribution in [0.4, 0.5) is 0 Å². The molecule has 0 spiro atoms. The van der Waals surface area contributed by atoms with Crippen molar-refractivity contribution in [3.63, 3.8) is 0 Å². The molecule has 2 aromatic heterocycles. The van der Waals surface area contributed by atoms with E-state index in [4.69, 9.17) is 16.7 Å². The first-order valence-corrected chi connectivity index (χ1v) is 4.82. The number of nitrogens with one attached hydrogen (secondary N) is 1. The van der Waals surface area contributed by atoms with Crippen LogP contribution in [-0.2, 0) is 0 Å². The Morgan fingerprint density at radius 1 is 1.64 bits per heavy atom. The summed E-state index contributed by atoms with van der Waals surface area (Å²) in [6, 6.07) is 1.48. The Hall–Kier alpha value is -1.07. The molecule has 0 aromatic carbocycles. The predicted molar refractivity (Wildman–Crippen MR) is 55.8 cm³/mol. The van der Waals surface area contributed by atoms with Crippen LogP contribution in [-0.4, -0.2) is 21.0 Å². The zero-order valence-electron chi connectivity index (χ0n) is 6.71. The van der Waals surface area contributed by atoms with Gasteiger partial charge in [-0.3, -0.25) is 0 Å². The van der Waals surface area contributed by atoms with E-state index in [1.165, 1.54) is 12.3 Å². The number of rotatable bonds is 1. The van der Waals surface area contributed by atoms with Gasteiger partial charge in [0.15, 0.2) is 0 Å². The topological polar surface area (TPSA) is 66.0 Å². The first-order valence-electron chi connectivity index (χ1n) is 3.65. The van der Waals surface area contributed by atoms with Gasteiger partial charge in [-0.2, -0.15) is 0 Å². The molecule has 0 amide bonds. The minimum atomic E-state index is -1.02. The number of nitrogens with zero attached hydrogens (tertiary/aromatic N) is 1. The molecule has 0 atom stereocenters. The van der Waals surface area contributed by atoms with Gasteiger partial charge in [0, 0.05) is 5.39 Å². The van der Waals surface area contributed by atoms with Crippen molar-refractivity contribution in [3.8, 4) is 0 Å². The number of carboxylic acid groups (broad SMARTS) is 1. The van der Waals surface area contributed by atoms with Crippen LogP contribution in [0.1, 0.15) is 10.5 Å². The maximum absolute atomic E-state index is 10.7. The number of H-pyrrole nitrogens is 1. The van der Waals surface area contributed by atoms with Crippen molar-refractivity contribution in [2.24, 2.45) is 0 Å². The Labute approximate surface area is 92.0 Å². The zero-order chi connectivity index (χ0) is 10.3. The summed E-state index contributed by atoms with van der Waals surface area (Å²) in [7, 11) is 0. The van der Waals surface area contributed by atoms with Gasteiger partial charge < -0.3 is 10.1 Å². The standard InChI is InChI=1S/C8H4BrClN2O2/c9-7-6(10)3-1-4(8(13)14)12-5(3)2-11-7/h1-2,12H,(H,13,14). The van der Waals surface area contributed by atoms with Gasteiger partial charge in [-0.1, -0.05) is 11.6 Å². The number of pyridine rings is 1. The molecule has 0 aliphatic heterocycles. The Morgan fingerprint density at radius 3 is 3.00 bits per heavy atom. The predicted octanol–water partition coefficient (Wildman–Crippen LogP) is 2.68. The molecule has 2 aromatic rings. The molecule has 0 radical (unpaired) electrons. The van der Waals surface area contributed by atoms with Crippen molar-refractivity contribution in [1.82, 2.24) is 9.97 Å². The van der Waals surface area contributed by atoms with Gasteiger partial charge in [0.2, 0.25) is 0 Å².